The number of nitrogens with one attached hydrogen (secondary N) is 1. The molecule has 0 aliphatic carbocycles. The van der Waals surface area contributed by atoms with E-state index < -0.39 is 0 Å². The van der Waals surface area contributed by atoms with Gasteiger partial charge in [0, 0.05) is 18.8 Å². The Hall–Kier alpha value is -1.02. The van der Waals surface area contributed by atoms with Crippen molar-refractivity contribution in [3.05, 3.63) is 29.8 Å². The van der Waals surface area contributed by atoms with Gasteiger partial charge in [-0.05, 0) is 37.0 Å². The Kier molecular flexibility index (Phi) is 3.62. The van der Waals surface area contributed by atoms with Gasteiger partial charge >= 0.3 is 0 Å². The monoisotopic (exact) mass is 205 g/mol. The standard InChI is InChI=1S/C13H19NO/c1-2-11-5-7-12(8-6-11)14-10-13-4-3-9-15-13/h5-8,13-14H,2-4,9-10H2,1H3/t13-/m1/s1. The van der Waals surface area contributed by atoms with Crippen LogP contribution in [-0.4, -0.2) is 19.3 Å². The largest absolute Gasteiger partial charge is 0.382 e. The van der Waals surface area contributed by atoms with E-state index in [1.54, 1.807) is 0 Å². The molecule has 1 aliphatic heterocycles. The first-order valence-corrected chi connectivity index (χ1v) is 5.83. The molecule has 15 heavy (non-hydrogen) atoms. The van der Waals surface area contributed by atoms with E-state index in [2.05, 4.69) is 36.5 Å². The van der Waals surface area contributed by atoms with Gasteiger partial charge in [-0.3, -0.25) is 0 Å². The molecule has 2 nitrogen and oxygen atoms in total. The Morgan fingerprint density at radius 2 is 2.13 bits per heavy atom. The van der Waals surface area contributed by atoms with Crippen LogP contribution < -0.4 is 5.32 Å². The number of ether oxygens (including phenoxy) is 1. The first-order chi connectivity index (χ1) is 7.38. The first kappa shape index (κ1) is 10.5. The highest BCUT2D eigenvalue weighted by atomic mass is 16.5. The molecule has 1 aromatic carbocycles. The van der Waals surface area contributed by atoms with E-state index >= 15 is 0 Å². The highest BCUT2D eigenvalue weighted by Crippen LogP contribution is 2.14. The van der Waals surface area contributed by atoms with Gasteiger partial charge in [-0.25, -0.2) is 0 Å². The number of hydrogen-bond acceptors (Lipinski definition) is 2. The molecule has 1 fully saturated rings. The van der Waals surface area contributed by atoms with Crippen LogP contribution in [0.5, 0.6) is 0 Å². The molecule has 0 bridgehead atoms. The fraction of sp³-hybridized carbons (Fsp3) is 0.538. The van der Waals surface area contributed by atoms with Crippen molar-refractivity contribution in [3.63, 3.8) is 0 Å². The second kappa shape index (κ2) is 5.17. The zero-order valence-electron chi connectivity index (χ0n) is 9.33. The minimum absolute atomic E-state index is 0.413. The van der Waals surface area contributed by atoms with Crippen LogP contribution in [0.4, 0.5) is 5.69 Å². The van der Waals surface area contributed by atoms with Gasteiger partial charge in [0.2, 0.25) is 0 Å². The number of aryl methyl sites for hydroxylation is 1. The summed E-state index contributed by atoms with van der Waals surface area (Å²) >= 11 is 0. The average molecular weight is 205 g/mol. The summed E-state index contributed by atoms with van der Waals surface area (Å²) in [7, 11) is 0. The fourth-order valence-electron chi connectivity index (χ4n) is 1.90. The normalized spacial score (nSPS) is 20.5. The molecule has 2 rings (SSSR count). The van der Waals surface area contributed by atoms with Gasteiger partial charge in [-0.15, -0.1) is 0 Å². The quantitative estimate of drug-likeness (QED) is 0.816. The topological polar surface area (TPSA) is 21.3 Å². The number of benzene rings is 1. The molecule has 1 heterocycles. The lowest BCUT2D eigenvalue weighted by Gasteiger charge is -2.12. The summed E-state index contributed by atoms with van der Waals surface area (Å²) in [5.74, 6) is 0. The van der Waals surface area contributed by atoms with E-state index in [1.807, 2.05) is 0 Å². The number of hydrogen-bond donors (Lipinski definition) is 1. The predicted molar refractivity (Wildman–Crippen MR) is 63.3 cm³/mol. The molecular formula is C13H19NO. The zero-order valence-corrected chi connectivity index (χ0v) is 9.33. The molecule has 0 radical (unpaired) electrons. The molecule has 1 saturated heterocycles. The van der Waals surface area contributed by atoms with Gasteiger partial charge in [0.1, 0.15) is 0 Å². The minimum Gasteiger partial charge on any atom is -0.382 e. The van der Waals surface area contributed by atoms with Crippen LogP contribution >= 0.6 is 0 Å². The lowest BCUT2D eigenvalue weighted by Crippen LogP contribution is -2.18. The molecule has 1 atom stereocenters. The highest BCUT2D eigenvalue weighted by molar-refractivity contribution is 5.44. The lowest BCUT2D eigenvalue weighted by molar-refractivity contribution is 0.120. The summed E-state index contributed by atoms with van der Waals surface area (Å²) in [6.07, 6.45) is 3.92. The van der Waals surface area contributed by atoms with E-state index in [4.69, 9.17) is 4.74 Å². The van der Waals surface area contributed by atoms with Crippen LogP contribution in [0, 0.1) is 0 Å². The molecule has 2 heteroatoms. The maximum absolute atomic E-state index is 5.56. The van der Waals surface area contributed by atoms with Crippen LogP contribution in [0.1, 0.15) is 25.3 Å². The first-order valence-electron chi connectivity index (χ1n) is 5.83. The average Bonchev–Trinajstić information content (AvgIpc) is 2.80. The molecule has 0 unspecified atom stereocenters. The summed E-state index contributed by atoms with van der Waals surface area (Å²) in [4.78, 5) is 0. The van der Waals surface area contributed by atoms with Gasteiger partial charge in [0.25, 0.3) is 0 Å². The van der Waals surface area contributed by atoms with Crippen LogP contribution in [0.25, 0.3) is 0 Å². The van der Waals surface area contributed by atoms with Crippen molar-refractivity contribution in [1.29, 1.82) is 0 Å². The van der Waals surface area contributed by atoms with Gasteiger partial charge in [0.05, 0.1) is 6.10 Å². The van der Waals surface area contributed by atoms with E-state index in [0.717, 1.165) is 19.6 Å². The Balaban J connectivity index is 1.82. The Bertz CT molecular complexity index is 288. The molecule has 1 aliphatic rings. The lowest BCUT2D eigenvalue weighted by atomic mass is 10.1. The summed E-state index contributed by atoms with van der Waals surface area (Å²) in [6.45, 7) is 4.04. The van der Waals surface area contributed by atoms with Crippen LogP contribution in [0.15, 0.2) is 24.3 Å². The van der Waals surface area contributed by atoms with Crippen molar-refractivity contribution in [2.75, 3.05) is 18.5 Å². The minimum atomic E-state index is 0.413. The smallest absolute Gasteiger partial charge is 0.0748 e. The third kappa shape index (κ3) is 2.96. The Morgan fingerprint density at radius 3 is 2.73 bits per heavy atom. The summed E-state index contributed by atoms with van der Waals surface area (Å²) in [6, 6.07) is 8.65. The van der Waals surface area contributed by atoms with E-state index in [1.165, 1.54) is 24.1 Å². The van der Waals surface area contributed by atoms with Crippen LogP contribution in [-0.2, 0) is 11.2 Å². The number of anilines is 1. The molecule has 0 aromatic heterocycles. The van der Waals surface area contributed by atoms with E-state index in [0.29, 0.717) is 6.10 Å². The maximum atomic E-state index is 5.56. The third-order valence-electron chi connectivity index (χ3n) is 2.92. The Morgan fingerprint density at radius 1 is 1.33 bits per heavy atom. The van der Waals surface area contributed by atoms with Crippen molar-refractivity contribution >= 4 is 5.69 Å². The second-order valence-electron chi connectivity index (χ2n) is 4.07. The molecule has 0 amide bonds. The van der Waals surface area contributed by atoms with Gasteiger partial charge in [-0.2, -0.15) is 0 Å². The van der Waals surface area contributed by atoms with Gasteiger partial charge in [-0.1, -0.05) is 19.1 Å². The summed E-state index contributed by atoms with van der Waals surface area (Å²) in [5.41, 5.74) is 2.58. The molecule has 82 valence electrons. The molecule has 1 N–H and O–H groups in total. The highest BCUT2D eigenvalue weighted by Gasteiger charge is 2.14. The Labute approximate surface area is 91.6 Å². The summed E-state index contributed by atoms with van der Waals surface area (Å²) in [5, 5.41) is 3.41. The van der Waals surface area contributed by atoms with E-state index in [-0.39, 0.29) is 0 Å². The maximum Gasteiger partial charge on any atom is 0.0748 e. The zero-order chi connectivity index (χ0) is 10.5. The number of rotatable bonds is 4. The molecule has 0 saturated carbocycles. The third-order valence-corrected chi connectivity index (χ3v) is 2.92. The molecular weight excluding hydrogens is 186 g/mol. The fourth-order valence-corrected chi connectivity index (χ4v) is 1.90. The van der Waals surface area contributed by atoms with Crippen molar-refractivity contribution in [1.82, 2.24) is 0 Å². The SMILES string of the molecule is CCc1ccc(NC[C@H]2CCCO2)cc1. The molecule has 1 aromatic rings. The summed E-state index contributed by atoms with van der Waals surface area (Å²) < 4.78 is 5.56. The van der Waals surface area contributed by atoms with Crippen molar-refractivity contribution in [2.24, 2.45) is 0 Å². The van der Waals surface area contributed by atoms with Gasteiger partial charge in [0.15, 0.2) is 0 Å². The van der Waals surface area contributed by atoms with E-state index in [9.17, 15) is 0 Å². The predicted octanol–water partition coefficient (Wildman–Crippen LogP) is 2.84. The molecule has 0 spiro atoms. The van der Waals surface area contributed by atoms with Crippen LogP contribution in [0.3, 0.4) is 0 Å². The van der Waals surface area contributed by atoms with Crippen molar-refractivity contribution < 1.29 is 4.74 Å². The van der Waals surface area contributed by atoms with Crippen molar-refractivity contribution in [3.8, 4) is 0 Å². The second-order valence-corrected chi connectivity index (χ2v) is 4.07. The van der Waals surface area contributed by atoms with Crippen LogP contribution in [0.2, 0.25) is 0 Å². The van der Waals surface area contributed by atoms with Crippen molar-refractivity contribution in [2.45, 2.75) is 32.3 Å². The van der Waals surface area contributed by atoms with Gasteiger partial charge < -0.3 is 10.1 Å².